The predicted octanol–water partition coefficient (Wildman–Crippen LogP) is 4.57. The monoisotopic (exact) mass is 267 g/mol. The van der Waals surface area contributed by atoms with Gasteiger partial charge in [0.05, 0.1) is 15.0 Å². The predicted molar refractivity (Wildman–Crippen MR) is 68.6 cm³/mol. The summed E-state index contributed by atoms with van der Waals surface area (Å²) in [7, 11) is 0. The molecule has 0 amide bonds. The summed E-state index contributed by atoms with van der Waals surface area (Å²) in [5, 5.41) is 11.5. The van der Waals surface area contributed by atoms with Gasteiger partial charge in [-0.05, 0) is 23.3 Å². The third kappa shape index (κ3) is 2.57. The first-order valence-electron chi connectivity index (χ1n) is 4.78. The van der Waals surface area contributed by atoms with Crippen molar-refractivity contribution < 1.29 is 4.92 Å². The Morgan fingerprint density at radius 3 is 2.29 bits per heavy atom. The van der Waals surface area contributed by atoms with Crippen molar-refractivity contribution in [1.82, 2.24) is 0 Å². The maximum Gasteiger partial charge on any atom is 0.270 e. The highest BCUT2D eigenvalue weighted by atomic mass is 35.5. The molecule has 0 unspecified atom stereocenters. The van der Waals surface area contributed by atoms with Gasteiger partial charge in [0.2, 0.25) is 0 Å². The van der Waals surface area contributed by atoms with Crippen LogP contribution in [0.5, 0.6) is 0 Å². The summed E-state index contributed by atoms with van der Waals surface area (Å²) < 4.78 is 0. The maximum absolute atomic E-state index is 10.7. The third-order valence-corrected chi connectivity index (χ3v) is 3.05. The lowest BCUT2D eigenvalue weighted by Crippen LogP contribution is -1.88. The van der Waals surface area contributed by atoms with Gasteiger partial charge >= 0.3 is 0 Å². The molecule has 5 heteroatoms. The van der Waals surface area contributed by atoms with Crippen LogP contribution in [0.4, 0.5) is 5.69 Å². The first-order valence-corrected chi connectivity index (χ1v) is 5.53. The van der Waals surface area contributed by atoms with E-state index in [9.17, 15) is 10.1 Å². The molecule has 0 saturated carbocycles. The Hall–Kier alpha value is -1.58. The highest BCUT2D eigenvalue weighted by molar-refractivity contribution is 6.42. The molecule has 2 rings (SSSR count). The average molecular weight is 268 g/mol. The number of rotatable bonds is 2. The molecule has 0 fully saturated rings. The molecule has 0 radical (unpaired) electrons. The van der Waals surface area contributed by atoms with E-state index in [0.29, 0.717) is 10.0 Å². The van der Waals surface area contributed by atoms with E-state index in [0.717, 1.165) is 11.1 Å². The molecular weight excluding hydrogens is 261 g/mol. The fourth-order valence-electron chi connectivity index (χ4n) is 1.47. The molecule has 0 aliphatic rings. The van der Waals surface area contributed by atoms with Crippen LogP contribution < -0.4 is 0 Å². The van der Waals surface area contributed by atoms with E-state index in [-0.39, 0.29) is 5.69 Å². The van der Waals surface area contributed by atoms with Crippen LogP contribution in [-0.2, 0) is 0 Å². The molecule has 2 aromatic carbocycles. The number of hydrogen-bond acceptors (Lipinski definition) is 2. The Balaban J connectivity index is 2.49. The van der Waals surface area contributed by atoms with Crippen LogP contribution in [0.25, 0.3) is 11.1 Å². The minimum atomic E-state index is -0.430. The third-order valence-electron chi connectivity index (χ3n) is 2.31. The fourth-order valence-corrected chi connectivity index (χ4v) is 1.77. The molecule has 86 valence electrons. The smallest absolute Gasteiger partial charge is 0.258 e. The molecule has 0 saturated heterocycles. The zero-order valence-electron chi connectivity index (χ0n) is 8.56. The van der Waals surface area contributed by atoms with Crippen LogP contribution in [0.15, 0.2) is 42.5 Å². The topological polar surface area (TPSA) is 43.1 Å². The van der Waals surface area contributed by atoms with E-state index < -0.39 is 4.92 Å². The van der Waals surface area contributed by atoms with Gasteiger partial charge in [-0.1, -0.05) is 41.4 Å². The zero-order valence-corrected chi connectivity index (χ0v) is 10.1. The zero-order chi connectivity index (χ0) is 12.4. The van der Waals surface area contributed by atoms with Crippen LogP contribution in [0.1, 0.15) is 0 Å². The molecule has 0 aliphatic carbocycles. The van der Waals surface area contributed by atoms with Crippen molar-refractivity contribution in [3.63, 3.8) is 0 Å². The first kappa shape index (κ1) is 11.9. The van der Waals surface area contributed by atoms with Gasteiger partial charge < -0.3 is 0 Å². The van der Waals surface area contributed by atoms with Gasteiger partial charge in [-0.2, -0.15) is 0 Å². The summed E-state index contributed by atoms with van der Waals surface area (Å²) >= 11 is 11.7. The summed E-state index contributed by atoms with van der Waals surface area (Å²) in [5.74, 6) is 0. The Kier molecular flexibility index (Phi) is 3.31. The van der Waals surface area contributed by atoms with Gasteiger partial charge in [-0.15, -0.1) is 0 Å². The van der Waals surface area contributed by atoms with E-state index in [1.807, 2.05) is 0 Å². The van der Waals surface area contributed by atoms with Crippen molar-refractivity contribution in [2.24, 2.45) is 0 Å². The molecule has 17 heavy (non-hydrogen) atoms. The molecule has 0 N–H and O–H groups in total. The highest BCUT2D eigenvalue weighted by Crippen LogP contribution is 2.29. The first-order chi connectivity index (χ1) is 8.08. The van der Waals surface area contributed by atoms with Gasteiger partial charge in [-0.3, -0.25) is 10.1 Å². The van der Waals surface area contributed by atoms with Crippen LogP contribution in [0.2, 0.25) is 10.0 Å². The Morgan fingerprint density at radius 1 is 0.941 bits per heavy atom. The van der Waals surface area contributed by atoms with Crippen LogP contribution in [0, 0.1) is 10.1 Å². The van der Waals surface area contributed by atoms with Crippen LogP contribution in [0.3, 0.4) is 0 Å². The quantitative estimate of drug-likeness (QED) is 0.591. The molecule has 0 aliphatic heterocycles. The van der Waals surface area contributed by atoms with Gasteiger partial charge in [0.25, 0.3) is 5.69 Å². The van der Waals surface area contributed by atoms with E-state index in [1.165, 1.54) is 12.1 Å². The van der Waals surface area contributed by atoms with Crippen molar-refractivity contribution >= 4 is 28.9 Å². The molecule has 0 heterocycles. The lowest BCUT2D eigenvalue weighted by molar-refractivity contribution is -0.384. The van der Waals surface area contributed by atoms with E-state index >= 15 is 0 Å². The summed E-state index contributed by atoms with van der Waals surface area (Å²) in [5.41, 5.74) is 1.58. The van der Waals surface area contributed by atoms with E-state index in [4.69, 9.17) is 23.2 Å². The largest absolute Gasteiger partial charge is 0.270 e. The number of nitro groups is 1. The second-order valence-electron chi connectivity index (χ2n) is 3.44. The van der Waals surface area contributed by atoms with Gasteiger partial charge in [0, 0.05) is 12.1 Å². The standard InChI is InChI=1S/C12H7Cl2NO2/c13-11-5-4-9(7-12(11)14)8-2-1-3-10(6-8)15(16)17/h1-7H. The van der Waals surface area contributed by atoms with Crippen LogP contribution in [-0.4, -0.2) is 4.92 Å². The fraction of sp³-hybridized carbons (Fsp3) is 0. The Morgan fingerprint density at radius 2 is 1.65 bits per heavy atom. The normalized spacial score (nSPS) is 10.2. The van der Waals surface area contributed by atoms with Gasteiger partial charge in [0.15, 0.2) is 0 Å². The number of benzene rings is 2. The summed E-state index contributed by atoms with van der Waals surface area (Å²) in [4.78, 5) is 10.2. The number of halogens is 2. The molecule has 0 spiro atoms. The number of hydrogen-bond donors (Lipinski definition) is 0. The minimum Gasteiger partial charge on any atom is -0.258 e. The van der Waals surface area contributed by atoms with Gasteiger partial charge in [0.1, 0.15) is 0 Å². The number of nitro benzene ring substituents is 1. The van der Waals surface area contributed by atoms with Crippen molar-refractivity contribution in [2.45, 2.75) is 0 Å². The lowest BCUT2D eigenvalue weighted by atomic mass is 10.1. The van der Waals surface area contributed by atoms with Crippen molar-refractivity contribution in [3.05, 3.63) is 62.6 Å². The maximum atomic E-state index is 10.7. The number of non-ortho nitro benzene ring substituents is 1. The van der Waals surface area contributed by atoms with Crippen LogP contribution >= 0.6 is 23.2 Å². The van der Waals surface area contributed by atoms with Gasteiger partial charge in [-0.25, -0.2) is 0 Å². The SMILES string of the molecule is O=[N+]([O-])c1cccc(-c2ccc(Cl)c(Cl)c2)c1. The average Bonchev–Trinajstić information content (AvgIpc) is 2.33. The van der Waals surface area contributed by atoms with Crippen molar-refractivity contribution in [2.75, 3.05) is 0 Å². The summed E-state index contributed by atoms with van der Waals surface area (Å²) in [6.07, 6.45) is 0. The summed E-state index contributed by atoms with van der Waals surface area (Å²) in [6, 6.07) is 11.5. The van der Waals surface area contributed by atoms with E-state index in [2.05, 4.69) is 0 Å². The van der Waals surface area contributed by atoms with Crippen molar-refractivity contribution in [1.29, 1.82) is 0 Å². The lowest BCUT2D eigenvalue weighted by Gasteiger charge is -2.03. The highest BCUT2D eigenvalue weighted by Gasteiger charge is 2.08. The number of nitrogens with zero attached hydrogens (tertiary/aromatic N) is 1. The molecular formula is C12H7Cl2NO2. The Bertz CT molecular complexity index is 584. The minimum absolute atomic E-state index is 0.0496. The molecule has 0 bridgehead atoms. The molecule has 0 aromatic heterocycles. The summed E-state index contributed by atoms with van der Waals surface area (Å²) in [6.45, 7) is 0. The van der Waals surface area contributed by atoms with Crippen molar-refractivity contribution in [3.8, 4) is 11.1 Å². The Labute approximate surface area is 108 Å². The second kappa shape index (κ2) is 4.73. The molecule has 0 atom stereocenters. The molecule has 2 aromatic rings. The molecule has 3 nitrogen and oxygen atoms in total. The van der Waals surface area contributed by atoms with E-state index in [1.54, 1.807) is 30.3 Å². The second-order valence-corrected chi connectivity index (χ2v) is 4.25.